The molecule has 1 spiro atoms. The van der Waals surface area contributed by atoms with Crippen molar-refractivity contribution in [3.8, 4) is 0 Å². The number of likely N-dealkylation sites (tertiary alicyclic amines) is 1. The Morgan fingerprint density at radius 1 is 1.16 bits per heavy atom. The molecule has 0 aromatic carbocycles. The smallest absolute Gasteiger partial charge is 0.302 e. The number of nitrogen functional groups attached to an aromatic ring is 2. The van der Waals surface area contributed by atoms with Crippen LogP contribution in [0.5, 0.6) is 0 Å². The van der Waals surface area contributed by atoms with Gasteiger partial charge in [0.15, 0.2) is 28.4 Å². The average molecular weight is 567 g/mol. The second-order valence-corrected chi connectivity index (χ2v) is 11.6. The lowest BCUT2D eigenvalue weighted by molar-refractivity contribution is -0.138. The van der Waals surface area contributed by atoms with Crippen LogP contribution in [-0.2, 0) is 4.79 Å². The molecule has 0 atom stereocenters. The number of halogens is 1. The quantitative estimate of drug-likeness (QED) is 0.290. The Balaban J connectivity index is 1.22. The van der Waals surface area contributed by atoms with E-state index < -0.39 is 5.91 Å². The molecule has 14 heteroatoms. The molecule has 3 heterocycles. The summed E-state index contributed by atoms with van der Waals surface area (Å²) in [6, 6.07) is 0. The van der Waals surface area contributed by atoms with E-state index in [4.69, 9.17) is 23.1 Å². The predicted octanol–water partition coefficient (Wildman–Crippen LogP) is 1.65. The lowest BCUT2D eigenvalue weighted by atomic mass is 9.80. The topological polar surface area (TPSA) is 167 Å². The Morgan fingerprint density at radius 3 is 2.50 bits per heavy atom. The summed E-state index contributed by atoms with van der Waals surface area (Å²) in [5, 5.41) is 6.42. The van der Waals surface area contributed by atoms with E-state index in [9.17, 15) is 9.59 Å². The Morgan fingerprint density at radius 2 is 1.84 bits per heavy atom. The Hall–Kier alpha value is -2.35. The summed E-state index contributed by atoms with van der Waals surface area (Å²) < 4.78 is 5.80. The van der Waals surface area contributed by atoms with Crippen LogP contribution >= 0.6 is 23.7 Å². The van der Waals surface area contributed by atoms with Crippen LogP contribution in [0.15, 0.2) is 4.99 Å². The number of amides is 2. The van der Waals surface area contributed by atoms with Gasteiger partial charge in [0.1, 0.15) is 0 Å². The molecule has 4 rings (SSSR count). The Bertz CT molecular complexity index is 1040. The Labute approximate surface area is 233 Å². The molecule has 0 radical (unpaired) electrons. The number of piperidine rings is 1. The van der Waals surface area contributed by atoms with Crippen LogP contribution in [0.4, 0.5) is 11.6 Å². The molecule has 1 aromatic rings. The maximum Gasteiger partial charge on any atom is 0.302 e. The molecule has 2 saturated heterocycles. The van der Waals surface area contributed by atoms with Gasteiger partial charge in [-0.2, -0.15) is 4.99 Å². The zero-order valence-corrected chi connectivity index (χ0v) is 23.7. The number of nitrogens with one attached hydrogen (secondary N) is 3. The maximum atomic E-state index is 13.2. The number of nitrogens with zero attached hydrogens (tertiary/aromatic N) is 5. The maximum absolute atomic E-state index is 13.2. The molecule has 1 aromatic heterocycles. The number of hydrogen-bond donors (Lipinski definition) is 5. The summed E-state index contributed by atoms with van der Waals surface area (Å²) in [4.78, 5) is 39.7. The van der Waals surface area contributed by atoms with Gasteiger partial charge in [0.25, 0.3) is 0 Å². The van der Waals surface area contributed by atoms with E-state index in [-0.39, 0.29) is 39.8 Å². The summed E-state index contributed by atoms with van der Waals surface area (Å²) in [6.45, 7) is 9.34. The van der Waals surface area contributed by atoms with E-state index in [1.807, 2.05) is 4.90 Å². The van der Waals surface area contributed by atoms with Crippen molar-refractivity contribution in [3.63, 3.8) is 0 Å². The monoisotopic (exact) mass is 566 g/mol. The zero-order chi connectivity index (χ0) is 27.3. The number of aliphatic imine (C=N–C) groups is 1. The first-order valence-electron chi connectivity index (χ1n) is 13.4. The van der Waals surface area contributed by atoms with Crippen LogP contribution < -0.4 is 26.8 Å². The molecule has 210 valence electrons. The number of carbonyl (C=O) groups excluding carboxylic acids is 2. The molecule has 3 fully saturated rings. The number of nitrogens with two attached hydrogens (primary N) is 2. The lowest BCUT2D eigenvalue weighted by Crippen LogP contribution is -2.54. The average Bonchev–Trinajstić information content (AvgIpc) is 3.30. The van der Waals surface area contributed by atoms with E-state index in [1.165, 1.54) is 0 Å². The first-order chi connectivity index (χ1) is 18.2. The van der Waals surface area contributed by atoms with Crippen molar-refractivity contribution in [2.24, 2.45) is 16.8 Å². The van der Waals surface area contributed by atoms with Crippen LogP contribution in [0.1, 0.15) is 62.9 Å². The summed E-state index contributed by atoms with van der Waals surface area (Å²) in [7, 11) is 0. The molecule has 1 aliphatic carbocycles. The summed E-state index contributed by atoms with van der Waals surface area (Å²) in [6.07, 6.45) is 5.65. The number of aromatic nitrogens is 2. The highest BCUT2D eigenvalue weighted by Gasteiger charge is 2.42. The molecule has 12 nitrogen and oxygen atoms in total. The molecular weight excluding hydrogens is 528 g/mol. The second-order valence-electron chi connectivity index (χ2n) is 10.3. The fourth-order valence-corrected chi connectivity index (χ4v) is 6.22. The third-order valence-corrected chi connectivity index (χ3v) is 9.15. The van der Waals surface area contributed by atoms with Crippen LogP contribution in [0.25, 0.3) is 0 Å². The minimum Gasteiger partial charge on any atom is -0.382 e. The highest BCUT2D eigenvalue weighted by atomic mass is 35.5. The molecule has 0 unspecified atom stereocenters. The van der Waals surface area contributed by atoms with Gasteiger partial charge < -0.3 is 27.0 Å². The predicted molar refractivity (Wildman–Crippen MR) is 151 cm³/mol. The molecular formula is C24H39ClN10O2S. The van der Waals surface area contributed by atoms with Crippen LogP contribution in [0.3, 0.4) is 0 Å². The van der Waals surface area contributed by atoms with Crippen LogP contribution in [0.2, 0.25) is 5.15 Å². The first kappa shape index (κ1) is 28.7. The van der Waals surface area contributed by atoms with E-state index in [0.717, 1.165) is 58.2 Å². The third kappa shape index (κ3) is 6.80. The van der Waals surface area contributed by atoms with Crippen LogP contribution in [0, 0.1) is 11.8 Å². The van der Waals surface area contributed by atoms with E-state index in [0.29, 0.717) is 31.5 Å². The normalized spacial score (nSPS) is 24.0. The van der Waals surface area contributed by atoms with Crippen molar-refractivity contribution in [1.29, 1.82) is 0 Å². The molecule has 2 aliphatic heterocycles. The van der Waals surface area contributed by atoms with E-state index >= 15 is 0 Å². The van der Waals surface area contributed by atoms with E-state index in [1.54, 1.807) is 12.1 Å². The number of carbonyl (C=O) groups is 2. The molecule has 3 aliphatic rings. The number of hydrogen-bond acceptors (Lipinski definition) is 9. The van der Waals surface area contributed by atoms with Gasteiger partial charge in [-0.25, -0.2) is 14.3 Å². The molecule has 38 heavy (non-hydrogen) atoms. The van der Waals surface area contributed by atoms with Gasteiger partial charge in [-0.1, -0.05) is 25.4 Å². The van der Waals surface area contributed by atoms with Gasteiger partial charge in [0.05, 0.1) is 5.54 Å². The van der Waals surface area contributed by atoms with Crippen molar-refractivity contribution in [2.75, 3.05) is 50.7 Å². The van der Waals surface area contributed by atoms with E-state index in [2.05, 4.69) is 48.5 Å². The second kappa shape index (κ2) is 12.7. The minimum atomic E-state index is -0.658. The Kier molecular flexibility index (Phi) is 9.55. The van der Waals surface area contributed by atoms with Gasteiger partial charge in [-0.15, -0.1) is 0 Å². The molecule has 1 saturated carbocycles. The molecule has 0 bridgehead atoms. The standard InChI is InChI=1S/C24H39ClN10O2S/c1-3-35(4-2)38-29-13-15-5-7-16(8-6-15)22(37)34-11-9-24(10-12-34)14-28-23(33-24)32-21(36)17-19(26)31-20(27)18(25)30-17/h15-16,29H,3-14H2,1-2H3,(H4,26,27,31)(H2,28,32,33,36). The van der Waals surface area contributed by atoms with Crippen molar-refractivity contribution < 1.29 is 9.59 Å². The fraction of sp³-hybridized carbons (Fsp3) is 0.708. The summed E-state index contributed by atoms with van der Waals surface area (Å²) in [5.41, 5.74) is 11.0. The zero-order valence-electron chi connectivity index (χ0n) is 22.1. The number of rotatable bonds is 8. The van der Waals surface area contributed by atoms with Gasteiger partial charge >= 0.3 is 5.91 Å². The highest BCUT2D eigenvalue weighted by Crippen LogP contribution is 2.32. The number of guanidine groups is 1. The van der Waals surface area contributed by atoms with Crippen LogP contribution in [-0.4, -0.2) is 81.8 Å². The summed E-state index contributed by atoms with van der Waals surface area (Å²) in [5.74, 6) is 0.576. The highest BCUT2D eigenvalue weighted by molar-refractivity contribution is 7.95. The molecule has 7 N–H and O–H groups in total. The van der Waals surface area contributed by atoms with Gasteiger partial charge in [-0.05, 0) is 44.4 Å². The summed E-state index contributed by atoms with van der Waals surface area (Å²) >= 11 is 7.59. The number of anilines is 2. The molecule has 2 amide bonds. The van der Waals surface area contributed by atoms with Crippen molar-refractivity contribution >= 4 is 53.1 Å². The van der Waals surface area contributed by atoms with Gasteiger partial charge in [-0.3, -0.25) is 14.3 Å². The van der Waals surface area contributed by atoms with Gasteiger partial charge in [0, 0.05) is 57.3 Å². The van der Waals surface area contributed by atoms with Crippen molar-refractivity contribution in [1.82, 2.24) is 34.5 Å². The largest absolute Gasteiger partial charge is 0.382 e. The fourth-order valence-electron chi connectivity index (χ4n) is 5.34. The SMILES string of the molecule is CCN(CC)SNCC1CCC(C(=O)N2CCC3(CC2)CN/C(=N\C(=O)c2nc(Cl)c(N)nc2N)N3)CC1. The minimum absolute atomic E-state index is 0.0409. The third-order valence-electron chi connectivity index (χ3n) is 7.80. The van der Waals surface area contributed by atoms with Crippen molar-refractivity contribution in [3.05, 3.63) is 10.8 Å². The van der Waals surface area contributed by atoms with Crippen molar-refractivity contribution in [2.45, 2.75) is 57.9 Å². The first-order valence-corrected chi connectivity index (χ1v) is 14.6. The lowest BCUT2D eigenvalue weighted by Gasteiger charge is -2.40. The van der Waals surface area contributed by atoms with Gasteiger partial charge in [0.2, 0.25) is 5.91 Å².